The predicted molar refractivity (Wildman–Crippen MR) is 113 cm³/mol. The lowest BCUT2D eigenvalue weighted by atomic mass is 10.2. The highest BCUT2D eigenvalue weighted by Gasteiger charge is 2.18. The second-order valence-corrected chi connectivity index (χ2v) is 8.62. The van der Waals surface area contributed by atoms with E-state index in [9.17, 15) is 13.2 Å². The van der Waals surface area contributed by atoms with Gasteiger partial charge in [0.1, 0.15) is 5.84 Å². The largest absolute Gasteiger partial charge is 0.362 e. The second kappa shape index (κ2) is 9.04. The number of carbonyl (C=O) groups is 1. The van der Waals surface area contributed by atoms with Crippen molar-refractivity contribution in [3.63, 3.8) is 0 Å². The number of nitrogens with zero attached hydrogens (tertiary/aromatic N) is 4. The summed E-state index contributed by atoms with van der Waals surface area (Å²) < 4.78 is 31.2. The van der Waals surface area contributed by atoms with Crippen LogP contribution in [0.2, 0.25) is 0 Å². The van der Waals surface area contributed by atoms with Crippen LogP contribution in [0.4, 0.5) is 5.69 Å². The number of sulfonamides is 1. The Balaban J connectivity index is 1.74. The fraction of sp³-hybridized carbons (Fsp3) is 0.350. The molecule has 1 aromatic carbocycles. The van der Waals surface area contributed by atoms with Gasteiger partial charge in [0.05, 0.1) is 11.1 Å². The molecule has 1 amide bonds. The molecule has 0 bridgehead atoms. The molecule has 2 aromatic rings. The smallest absolute Gasteiger partial charge is 0.284 e. The first-order valence-corrected chi connectivity index (χ1v) is 10.9. The number of hydrogen-bond acceptors (Lipinski definition) is 4. The van der Waals surface area contributed by atoms with Gasteiger partial charge >= 0.3 is 0 Å². The van der Waals surface area contributed by atoms with Crippen molar-refractivity contribution in [2.24, 2.45) is 11.4 Å². The zero-order chi connectivity index (χ0) is 20.9. The molecule has 154 valence electrons. The Morgan fingerprint density at radius 3 is 2.83 bits per heavy atom. The maximum absolute atomic E-state index is 12.8. The summed E-state index contributed by atoms with van der Waals surface area (Å²) in [7, 11) is -0.197. The van der Waals surface area contributed by atoms with E-state index in [-0.39, 0.29) is 10.8 Å². The van der Waals surface area contributed by atoms with Gasteiger partial charge in [-0.3, -0.25) is 9.48 Å². The maximum atomic E-state index is 12.8. The molecule has 0 saturated carbocycles. The third kappa shape index (κ3) is 5.77. The summed E-state index contributed by atoms with van der Waals surface area (Å²) in [5, 5.41) is 6.70. The van der Waals surface area contributed by atoms with Crippen LogP contribution in [0, 0.1) is 0 Å². The van der Waals surface area contributed by atoms with Crippen molar-refractivity contribution in [1.29, 1.82) is 0 Å². The van der Waals surface area contributed by atoms with E-state index in [1.807, 2.05) is 11.9 Å². The lowest BCUT2D eigenvalue weighted by Gasteiger charge is -2.17. The first-order chi connectivity index (χ1) is 13.8. The van der Waals surface area contributed by atoms with Gasteiger partial charge in [0.25, 0.3) is 10.0 Å². The number of anilines is 1. The van der Waals surface area contributed by atoms with Crippen LogP contribution >= 0.6 is 0 Å². The van der Waals surface area contributed by atoms with E-state index >= 15 is 0 Å². The van der Waals surface area contributed by atoms with Gasteiger partial charge in [-0.2, -0.15) is 13.5 Å². The van der Waals surface area contributed by atoms with Crippen LogP contribution in [-0.4, -0.2) is 48.4 Å². The Hall–Kier alpha value is -2.94. The number of hydrogen-bond donors (Lipinski definition) is 1. The number of aromatic nitrogens is 2. The number of amidine groups is 1. The molecular formula is C20H25N5O3S. The number of amides is 1. The summed E-state index contributed by atoms with van der Waals surface area (Å²) in [5.74, 6) is 0.217. The molecule has 0 spiro atoms. The third-order valence-electron chi connectivity index (χ3n) is 4.61. The Labute approximate surface area is 171 Å². The summed E-state index contributed by atoms with van der Waals surface area (Å²) in [5.41, 5.74) is 1.18. The minimum Gasteiger partial charge on any atom is -0.362 e. The highest BCUT2D eigenvalue weighted by atomic mass is 32.2. The van der Waals surface area contributed by atoms with Gasteiger partial charge in [-0.05, 0) is 37.1 Å². The molecule has 1 aliphatic rings. The summed E-state index contributed by atoms with van der Waals surface area (Å²) >= 11 is 0. The van der Waals surface area contributed by atoms with Crippen molar-refractivity contribution in [2.75, 3.05) is 18.9 Å². The average Bonchev–Trinajstić information content (AvgIpc) is 3.00. The Bertz CT molecular complexity index is 1040. The quantitative estimate of drug-likeness (QED) is 0.758. The molecule has 2 heterocycles. The van der Waals surface area contributed by atoms with Gasteiger partial charge < -0.3 is 10.2 Å². The van der Waals surface area contributed by atoms with Crippen LogP contribution in [0.1, 0.15) is 31.2 Å². The van der Waals surface area contributed by atoms with E-state index in [1.165, 1.54) is 18.2 Å². The molecule has 9 heteroatoms. The van der Waals surface area contributed by atoms with Gasteiger partial charge in [-0.1, -0.05) is 12.5 Å². The minimum absolute atomic E-state index is 0.0525. The molecule has 0 unspecified atom stereocenters. The van der Waals surface area contributed by atoms with Crippen molar-refractivity contribution in [1.82, 2.24) is 14.7 Å². The van der Waals surface area contributed by atoms with Crippen LogP contribution in [-0.2, 0) is 21.9 Å². The number of rotatable bonds is 5. The lowest BCUT2D eigenvalue weighted by Crippen LogP contribution is -2.26. The van der Waals surface area contributed by atoms with E-state index in [0.29, 0.717) is 17.9 Å². The van der Waals surface area contributed by atoms with Crippen LogP contribution in [0.3, 0.4) is 0 Å². The molecule has 1 aliphatic heterocycles. The van der Waals surface area contributed by atoms with E-state index in [1.54, 1.807) is 42.3 Å². The van der Waals surface area contributed by atoms with Crippen molar-refractivity contribution < 1.29 is 13.2 Å². The summed E-state index contributed by atoms with van der Waals surface area (Å²) in [4.78, 5) is 14.1. The molecule has 8 nitrogen and oxygen atoms in total. The van der Waals surface area contributed by atoms with Gasteiger partial charge in [0.2, 0.25) is 5.91 Å². The first-order valence-electron chi connectivity index (χ1n) is 9.46. The third-order valence-corrected chi connectivity index (χ3v) is 5.91. The molecule has 29 heavy (non-hydrogen) atoms. The number of carbonyl (C=O) groups excluding carboxylic acids is 1. The molecule has 1 saturated heterocycles. The molecule has 0 aliphatic carbocycles. The van der Waals surface area contributed by atoms with Gasteiger partial charge in [0.15, 0.2) is 0 Å². The van der Waals surface area contributed by atoms with Crippen molar-refractivity contribution in [3.05, 3.63) is 48.3 Å². The van der Waals surface area contributed by atoms with Crippen molar-refractivity contribution in [3.8, 4) is 0 Å². The average molecular weight is 416 g/mol. The molecular weight excluding hydrogens is 390 g/mol. The number of aryl methyl sites for hydroxylation is 1. The van der Waals surface area contributed by atoms with Crippen LogP contribution in [0.15, 0.2) is 52.0 Å². The van der Waals surface area contributed by atoms with Crippen molar-refractivity contribution in [2.45, 2.75) is 30.6 Å². The van der Waals surface area contributed by atoms with Gasteiger partial charge in [-0.25, -0.2) is 0 Å². The topological polar surface area (TPSA) is 96.7 Å². The Kier molecular flexibility index (Phi) is 6.48. The van der Waals surface area contributed by atoms with E-state index in [2.05, 4.69) is 14.8 Å². The van der Waals surface area contributed by atoms with Crippen LogP contribution in [0.25, 0.3) is 6.08 Å². The number of benzene rings is 1. The molecule has 3 rings (SSSR count). The van der Waals surface area contributed by atoms with Crippen LogP contribution in [0.5, 0.6) is 0 Å². The van der Waals surface area contributed by atoms with Gasteiger partial charge in [0, 0.05) is 50.6 Å². The summed E-state index contributed by atoms with van der Waals surface area (Å²) in [6, 6.07) is 6.13. The fourth-order valence-corrected chi connectivity index (χ4v) is 4.19. The summed E-state index contributed by atoms with van der Waals surface area (Å²) in [6.45, 7) is 0.799. The fourth-order valence-electron chi connectivity index (χ4n) is 3.05. The monoisotopic (exact) mass is 415 g/mol. The molecule has 1 aromatic heterocycles. The van der Waals surface area contributed by atoms with E-state index < -0.39 is 10.0 Å². The Morgan fingerprint density at radius 1 is 1.24 bits per heavy atom. The van der Waals surface area contributed by atoms with Crippen molar-refractivity contribution >= 4 is 33.5 Å². The molecule has 1 fully saturated rings. The maximum Gasteiger partial charge on any atom is 0.284 e. The molecule has 0 radical (unpaired) electrons. The highest BCUT2D eigenvalue weighted by molar-refractivity contribution is 7.90. The van der Waals surface area contributed by atoms with E-state index in [4.69, 9.17) is 0 Å². The van der Waals surface area contributed by atoms with E-state index in [0.717, 1.165) is 31.4 Å². The second-order valence-electron chi connectivity index (χ2n) is 7.01. The highest BCUT2D eigenvalue weighted by Crippen LogP contribution is 2.20. The lowest BCUT2D eigenvalue weighted by molar-refractivity contribution is -0.111. The van der Waals surface area contributed by atoms with Crippen LogP contribution < -0.4 is 5.32 Å². The predicted octanol–water partition coefficient (Wildman–Crippen LogP) is 2.67. The molecule has 0 atom stereocenters. The minimum atomic E-state index is -3.85. The SMILES string of the molecule is CN1CCCCCC1=NS(=O)(=O)c1cccc(NC(=O)C=Cc2cnn(C)c2)c1. The first kappa shape index (κ1) is 20.8. The molecule has 1 N–H and O–H groups in total. The zero-order valence-electron chi connectivity index (χ0n) is 16.6. The number of nitrogens with one attached hydrogen (secondary N) is 1. The Morgan fingerprint density at radius 2 is 2.07 bits per heavy atom. The summed E-state index contributed by atoms with van der Waals surface area (Å²) in [6.07, 6.45) is 10.1. The van der Waals surface area contributed by atoms with Gasteiger partial charge in [-0.15, -0.1) is 4.40 Å². The number of likely N-dealkylation sites (tertiary alicyclic amines) is 1. The normalized spacial score (nSPS) is 16.9. The zero-order valence-corrected chi connectivity index (χ0v) is 17.4. The standard InChI is InChI=1S/C20H25N5O3S/c1-24-12-5-3-4-9-19(24)23-29(27,28)18-8-6-7-17(13-18)22-20(26)11-10-16-14-21-25(2)15-16/h6-8,10-11,13-15H,3-5,9,12H2,1-2H3,(H,22,26).